The predicted octanol–water partition coefficient (Wildman–Crippen LogP) is -0.0181. The lowest BCUT2D eigenvalue weighted by molar-refractivity contribution is -0.135. The van der Waals surface area contributed by atoms with Crippen molar-refractivity contribution in [1.82, 2.24) is 0 Å². The minimum absolute atomic E-state index is 0.0833. The van der Waals surface area contributed by atoms with Crippen molar-refractivity contribution in [2.24, 2.45) is 5.41 Å². The number of hydrogen-bond acceptors (Lipinski definition) is 9. The van der Waals surface area contributed by atoms with Crippen molar-refractivity contribution in [2.45, 2.75) is 13.3 Å². The molecule has 9 nitrogen and oxygen atoms in total. The smallest absolute Gasteiger partial charge is 0.313 e. The Morgan fingerprint density at radius 3 is 0.917 bits per heavy atom. The van der Waals surface area contributed by atoms with Crippen molar-refractivity contribution < 1.29 is 44.1 Å². The molecule has 0 atom stereocenters. The summed E-state index contributed by atoms with van der Waals surface area (Å²) in [4.78, 5) is 58.0. The van der Waals surface area contributed by atoms with E-state index in [0.717, 1.165) is 0 Å². The van der Waals surface area contributed by atoms with Gasteiger partial charge >= 0.3 is 17.9 Å². The van der Waals surface area contributed by atoms with E-state index in [9.17, 15) is 28.8 Å². The molecule has 24 heavy (non-hydrogen) atoms. The van der Waals surface area contributed by atoms with E-state index < -0.39 is 23.3 Å². The van der Waals surface area contributed by atoms with E-state index in [2.05, 4.69) is 37.9 Å². The van der Waals surface area contributed by atoms with Gasteiger partial charge < -0.3 is 29.7 Å². The lowest BCUT2D eigenvalue weighted by Crippen LogP contribution is -2.24. The van der Waals surface area contributed by atoms with Crippen LogP contribution in [-0.2, 0) is 28.8 Å². The highest BCUT2D eigenvalue weighted by Gasteiger charge is 2.25. The Labute approximate surface area is 155 Å². The lowest BCUT2D eigenvalue weighted by atomic mass is 9.91. The van der Waals surface area contributed by atoms with Crippen LogP contribution in [0.25, 0.3) is 0 Å². The maximum absolute atomic E-state index is 10.1. The van der Waals surface area contributed by atoms with Gasteiger partial charge in [0.15, 0.2) is 0 Å². The fourth-order valence-electron chi connectivity index (χ4n) is 0.333. The number of rotatable bonds is 7. The third-order valence-electron chi connectivity index (χ3n) is 1.68. The summed E-state index contributed by atoms with van der Waals surface area (Å²) < 4.78 is 0. The van der Waals surface area contributed by atoms with Crippen LogP contribution in [0.1, 0.15) is 13.3 Å². The van der Waals surface area contributed by atoms with Crippen LogP contribution < -0.4 is 0 Å². The molecule has 0 aliphatic carbocycles. The third kappa shape index (κ3) is 28.6. The molecule has 3 N–H and O–H groups in total. The van der Waals surface area contributed by atoms with Gasteiger partial charge in [-0.1, -0.05) is 6.92 Å². The predicted molar refractivity (Wildman–Crippen MR) is 95.4 cm³/mol. The normalized spacial score (nSPS) is 8.50. The molecule has 0 fully saturated rings. The van der Waals surface area contributed by atoms with Gasteiger partial charge in [0.1, 0.15) is 24.3 Å². The first kappa shape index (κ1) is 30.4. The molecule has 0 saturated heterocycles. The Morgan fingerprint density at radius 1 is 0.750 bits per heavy atom. The van der Waals surface area contributed by atoms with Crippen molar-refractivity contribution in [3.63, 3.8) is 0 Å². The number of aldehydes is 3. The minimum Gasteiger partial charge on any atom is -0.481 e. The number of carbonyl (C=O) groups is 6. The third-order valence-corrected chi connectivity index (χ3v) is 2.49. The van der Waals surface area contributed by atoms with Crippen LogP contribution in [0.5, 0.6) is 0 Å². The molecule has 0 aliphatic rings. The van der Waals surface area contributed by atoms with E-state index >= 15 is 0 Å². The molecule has 0 aromatic rings. The Morgan fingerprint density at radius 2 is 0.917 bits per heavy atom. The standard InChI is InChI=1S/C6H8O3.3C2H4O2S/c1-2-6(3-7,4-8)5-9;3*3-2(4)1-5/h3-5H,2H2,1H3;3*5H,1H2,(H,3,4). The molecule has 0 bridgehead atoms. The number of carboxylic acid groups (broad SMARTS) is 3. The summed E-state index contributed by atoms with van der Waals surface area (Å²) in [7, 11) is 0. The first-order chi connectivity index (χ1) is 11.1. The maximum atomic E-state index is 10.1. The van der Waals surface area contributed by atoms with Crippen LogP contribution in [0.4, 0.5) is 0 Å². The van der Waals surface area contributed by atoms with E-state index in [1.165, 1.54) is 0 Å². The summed E-state index contributed by atoms with van der Waals surface area (Å²) in [6.45, 7) is 1.61. The Balaban J connectivity index is -0.000000116. The van der Waals surface area contributed by atoms with E-state index in [4.69, 9.17) is 15.3 Å². The highest BCUT2D eigenvalue weighted by atomic mass is 32.1. The lowest BCUT2D eigenvalue weighted by Gasteiger charge is -2.07. The van der Waals surface area contributed by atoms with Crippen LogP contribution in [0.3, 0.4) is 0 Å². The average Bonchev–Trinajstić information content (AvgIpc) is 2.59. The zero-order chi connectivity index (χ0) is 20.2. The number of carboxylic acids is 3. The SMILES string of the molecule is CCC(C=O)(C=O)C=O.O=C(O)CS.O=C(O)CS.O=C(O)CS. The molecule has 0 saturated carbocycles. The van der Waals surface area contributed by atoms with Crippen LogP contribution in [0, 0.1) is 5.41 Å². The molecular formula is C12H20O9S3. The number of thiol groups is 3. The summed E-state index contributed by atoms with van der Waals surface area (Å²) in [6, 6.07) is 0. The largest absolute Gasteiger partial charge is 0.481 e. The zero-order valence-corrected chi connectivity index (χ0v) is 15.4. The fourth-order valence-corrected chi connectivity index (χ4v) is 0.333. The van der Waals surface area contributed by atoms with Crippen LogP contribution in [0.2, 0.25) is 0 Å². The van der Waals surface area contributed by atoms with E-state index in [-0.39, 0.29) is 23.7 Å². The number of aliphatic carboxylic acids is 3. The maximum Gasteiger partial charge on any atom is 0.313 e. The van der Waals surface area contributed by atoms with Gasteiger partial charge in [-0.25, -0.2) is 0 Å². The van der Waals surface area contributed by atoms with Crippen LogP contribution in [-0.4, -0.2) is 69.3 Å². The second-order valence-electron chi connectivity index (χ2n) is 3.48. The van der Waals surface area contributed by atoms with Gasteiger partial charge in [-0.3, -0.25) is 14.4 Å². The van der Waals surface area contributed by atoms with Crippen molar-refractivity contribution in [3.05, 3.63) is 0 Å². The Kier molecular flexibility index (Phi) is 27.2. The summed E-state index contributed by atoms with van der Waals surface area (Å²) >= 11 is 10.2. The molecule has 0 heterocycles. The molecule has 0 unspecified atom stereocenters. The van der Waals surface area contributed by atoms with Gasteiger partial charge in [0.25, 0.3) is 0 Å². The molecule has 140 valence electrons. The summed E-state index contributed by atoms with van der Waals surface area (Å²) in [5, 5.41) is 22.9. The van der Waals surface area contributed by atoms with Crippen molar-refractivity contribution in [1.29, 1.82) is 0 Å². The highest BCUT2D eigenvalue weighted by Crippen LogP contribution is 2.10. The van der Waals surface area contributed by atoms with E-state index in [1.807, 2.05) is 0 Å². The summed E-state index contributed by atoms with van der Waals surface area (Å²) in [6.07, 6.45) is 1.34. The Hall–Kier alpha value is -1.53. The van der Waals surface area contributed by atoms with E-state index in [0.29, 0.717) is 18.9 Å². The zero-order valence-electron chi connectivity index (χ0n) is 12.7. The first-order valence-corrected chi connectivity index (χ1v) is 7.82. The van der Waals surface area contributed by atoms with Crippen molar-refractivity contribution in [2.75, 3.05) is 17.3 Å². The van der Waals surface area contributed by atoms with E-state index in [1.54, 1.807) is 6.92 Å². The van der Waals surface area contributed by atoms with Crippen LogP contribution >= 0.6 is 37.9 Å². The number of hydrogen-bond donors (Lipinski definition) is 6. The molecule has 12 heteroatoms. The second kappa shape index (κ2) is 21.5. The fraction of sp³-hybridized carbons (Fsp3) is 0.500. The van der Waals surface area contributed by atoms with Crippen molar-refractivity contribution in [3.8, 4) is 0 Å². The molecular weight excluding hydrogens is 384 g/mol. The second-order valence-corrected chi connectivity index (χ2v) is 4.42. The van der Waals surface area contributed by atoms with Gasteiger partial charge in [0, 0.05) is 0 Å². The Bertz CT molecular complexity index is 344. The van der Waals surface area contributed by atoms with Gasteiger partial charge in [-0.2, -0.15) is 37.9 Å². The minimum atomic E-state index is -1.38. The first-order valence-electron chi connectivity index (χ1n) is 5.93. The summed E-state index contributed by atoms with van der Waals surface area (Å²) in [5.74, 6) is -2.89. The summed E-state index contributed by atoms with van der Waals surface area (Å²) in [5.41, 5.74) is -1.38. The molecule has 0 rings (SSSR count). The number of carbonyl (C=O) groups excluding carboxylic acids is 3. The highest BCUT2D eigenvalue weighted by molar-refractivity contribution is 7.81. The molecule has 0 spiro atoms. The average molecular weight is 404 g/mol. The van der Waals surface area contributed by atoms with Gasteiger partial charge in [-0.05, 0) is 6.42 Å². The van der Waals surface area contributed by atoms with Crippen LogP contribution in [0.15, 0.2) is 0 Å². The molecule has 0 aromatic heterocycles. The topological polar surface area (TPSA) is 163 Å². The van der Waals surface area contributed by atoms with Crippen molar-refractivity contribution >= 4 is 74.7 Å². The monoisotopic (exact) mass is 404 g/mol. The molecule has 0 amide bonds. The molecule has 0 radical (unpaired) electrons. The van der Waals surface area contributed by atoms with Gasteiger partial charge in [0.2, 0.25) is 0 Å². The molecule has 0 aromatic carbocycles. The molecule has 0 aliphatic heterocycles. The quantitative estimate of drug-likeness (QED) is 0.194. The van der Waals surface area contributed by atoms with Gasteiger partial charge in [0.05, 0.1) is 17.3 Å². The van der Waals surface area contributed by atoms with Gasteiger partial charge in [-0.15, -0.1) is 0 Å².